The number of hydrogen-bond donors (Lipinski definition) is 1. The van der Waals surface area contributed by atoms with Gasteiger partial charge in [0.15, 0.2) is 0 Å². The molecule has 1 fully saturated rings. The van der Waals surface area contributed by atoms with E-state index in [2.05, 4.69) is 30.6 Å². The fourth-order valence-electron chi connectivity index (χ4n) is 3.01. The van der Waals surface area contributed by atoms with E-state index in [1.165, 1.54) is 10.4 Å². The first-order valence-corrected chi connectivity index (χ1v) is 9.28. The van der Waals surface area contributed by atoms with Crippen LogP contribution in [0.2, 0.25) is 0 Å². The van der Waals surface area contributed by atoms with E-state index >= 15 is 0 Å². The smallest absolute Gasteiger partial charge is 0.410 e. The lowest BCUT2D eigenvalue weighted by molar-refractivity contribution is 0.00676. The van der Waals surface area contributed by atoms with Gasteiger partial charge in [-0.2, -0.15) is 0 Å². The average molecular weight is 339 g/mol. The molecule has 1 amide bonds. The maximum absolute atomic E-state index is 12.3. The Labute approximate surface area is 144 Å². The molecule has 0 bridgehead atoms. The molecule has 2 heterocycles. The van der Waals surface area contributed by atoms with Crippen molar-refractivity contribution in [3.05, 3.63) is 21.9 Å². The Morgan fingerprint density at radius 1 is 1.48 bits per heavy atom. The summed E-state index contributed by atoms with van der Waals surface area (Å²) in [7, 11) is 0. The molecule has 1 aliphatic rings. The van der Waals surface area contributed by atoms with Crippen LogP contribution >= 0.6 is 11.3 Å². The number of ether oxygens (including phenoxy) is 1. The van der Waals surface area contributed by atoms with Crippen LogP contribution in [-0.4, -0.2) is 36.2 Å². The lowest BCUT2D eigenvalue weighted by atomic mass is 9.82. The number of thiophene rings is 1. The molecule has 4 nitrogen and oxygen atoms in total. The van der Waals surface area contributed by atoms with Crippen LogP contribution < -0.4 is 5.32 Å². The van der Waals surface area contributed by atoms with Crippen molar-refractivity contribution in [2.45, 2.75) is 59.6 Å². The summed E-state index contributed by atoms with van der Waals surface area (Å²) in [6.07, 6.45) is 2.00. The monoisotopic (exact) mass is 338 g/mol. The Balaban J connectivity index is 1.86. The highest BCUT2D eigenvalue weighted by molar-refractivity contribution is 7.10. The third-order valence-corrected chi connectivity index (χ3v) is 5.26. The maximum Gasteiger partial charge on any atom is 0.410 e. The fraction of sp³-hybridized carbons (Fsp3) is 0.722. The summed E-state index contributed by atoms with van der Waals surface area (Å²) in [5, 5.41) is 5.72. The van der Waals surface area contributed by atoms with Gasteiger partial charge in [0.2, 0.25) is 0 Å². The third-order valence-electron chi connectivity index (χ3n) is 4.24. The van der Waals surface area contributed by atoms with Crippen LogP contribution in [0, 0.1) is 12.3 Å². The molecule has 1 aromatic heterocycles. The lowest BCUT2D eigenvalue weighted by Crippen LogP contribution is -2.50. The fourth-order valence-corrected chi connectivity index (χ4v) is 3.88. The van der Waals surface area contributed by atoms with Crippen LogP contribution in [0.25, 0.3) is 0 Å². The van der Waals surface area contributed by atoms with Crippen LogP contribution in [0.3, 0.4) is 0 Å². The molecule has 1 aromatic rings. The van der Waals surface area contributed by atoms with Gasteiger partial charge in [0.25, 0.3) is 0 Å². The van der Waals surface area contributed by atoms with Gasteiger partial charge < -0.3 is 15.0 Å². The minimum absolute atomic E-state index is 0.111. The van der Waals surface area contributed by atoms with Gasteiger partial charge in [-0.3, -0.25) is 0 Å². The normalized spacial score (nSPS) is 22.2. The largest absolute Gasteiger partial charge is 0.444 e. The molecule has 130 valence electrons. The average Bonchev–Trinajstić information content (AvgIpc) is 2.82. The van der Waals surface area contributed by atoms with Crippen LogP contribution in [-0.2, 0) is 11.3 Å². The first-order valence-electron chi connectivity index (χ1n) is 8.40. The van der Waals surface area contributed by atoms with Crippen LogP contribution in [0.5, 0.6) is 0 Å². The molecular formula is C18H30N2O2S. The van der Waals surface area contributed by atoms with Gasteiger partial charge in [-0.15, -0.1) is 11.3 Å². The standard InChI is InChI=1S/C18H30N2O2S/c1-14-7-10-23-15(14)11-19-12-18(5)8-6-9-20(13-18)16(21)22-17(2,3)4/h7,10,19H,6,8-9,11-13H2,1-5H3. The SMILES string of the molecule is Cc1ccsc1CNCC1(C)CCCN(C(=O)OC(C)(C)C)C1. The topological polar surface area (TPSA) is 41.6 Å². The molecule has 0 spiro atoms. The summed E-state index contributed by atoms with van der Waals surface area (Å²) in [5.41, 5.74) is 1.03. The van der Waals surface area contributed by atoms with Crippen molar-refractivity contribution in [2.24, 2.45) is 5.41 Å². The summed E-state index contributed by atoms with van der Waals surface area (Å²) < 4.78 is 5.52. The van der Waals surface area contributed by atoms with Crippen LogP contribution in [0.15, 0.2) is 11.4 Å². The van der Waals surface area contributed by atoms with Gasteiger partial charge >= 0.3 is 6.09 Å². The Morgan fingerprint density at radius 3 is 2.83 bits per heavy atom. The second-order valence-electron chi connectivity index (χ2n) is 7.95. The summed E-state index contributed by atoms with van der Waals surface area (Å²) in [6.45, 7) is 13.6. The van der Waals surface area contributed by atoms with E-state index in [1.54, 1.807) is 11.3 Å². The number of nitrogens with zero attached hydrogens (tertiary/aromatic N) is 1. The Kier molecular flexibility index (Phi) is 5.74. The van der Waals surface area contributed by atoms with Gasteiger partial charge in [0.1, 0.15) is 5.60 Å². The summed E-state index contributed by atoms with van der Waals surface area (Å²) in [5.74, 6) is 0. The van der Waals surface area contributed by atoms with Crippen LogP contribution in [0.1, 0.15) is 51.0 Å². The van der Waals surface area contributed by atoms with Gasteiger partial charge in [-0.05, 0) is 63.0 Å². The number of amides is 1. The number of hydrogen-bond acceptors (Lipinski definition) is 4. The molecule has 0 aromatic carbocycles. The minimum Gasteiger partial charge on any atom is -0.444 e. The predicted molar refractivity (Wildman–Crippen MR) is 95.9 cm³/mol. The van der Waals surface area contributed by atoms with E-state index in [1.807, 2.05) is 25.7 Å². The van der Waals surface area contributed by atoms with Gasteiger partial charge in [0.05, 0.1) is 0 Å². The number of nitrogens with one attached hydrogen (secondary N) is 1. The Hall–Kier alpha value is -1.07. The molecule has 0 saturated carbocycles. The third kappa shape index (κ3) is 5.50. The second kappa shape index (κ2) is 7.22. The van der Waals surface area contributed by atoms with Gasteiger partial charge in [-0.25, -0.2) is 4.79 Å². The van der Waals surface area contributed by atoms with Crippen molar-refractivity contribution >= 4 is 17.4 Å². The predicted octanol–water partition coefficient (Wildman–Crippen LogP) is 4.18. The van der Waals surface area contributed by atoms with Crippen molar-refractivity contribution < 1.29 is 9.53 Å². The highest BCUT2D eigenvalue weighted by atomic mass is 32.1. The molecule has 2 rings (SSSR count). The van der Waals surface area contributed by atoms with Crippen molar-refractivity contribution in [3.8, 4) is 0 Å². The number of carbonyl (C=O) groups excluding carboxylic acids is 1. The first kappa shape index (κ1) is 18.3. The molecule has 1 aliphatic heterocycles. The molecule has 1 N–H and O–H groups in total. The number of aryl methyl sites for hydroxylation is 1. The lowest BCUT2D eigenvalue weighted by Gasteiger charge is -2.41. The molecule has 5 heteroatoms. The molecular weight excluding hydrogens is 308 g/mol. The zero-order chi connectivity index (χ0) is 17.1. The summed E-state index contributed by atoms with van der Waals surface area (Å²) in [6, 6.07) is 2.16. The van der Waals surface area contributed by atoms with Crippen molar-refractivity contribution in [2.75, 3.05) is 19.6 Å². The van der Waals surface area contributed by atoms with E-state index in [0.717, 1.165) is 39.0 Å². The highest BCUT2D eigenvalue weighted by Gasteiger charge is 2.34. The number of piperidine rings is 1. The Morgan fingerprint density at radius 2 is 2.22 bits per heavy atom. The summed E-state index contributed by atoms with van der Waals surface area (Å²) >= 11 is 1.80. The van der Waals surface area contributed by atoms with Gasteiger partial charge in [-0.1, -0.05) is 6.92 Å². The first-order chi connectivity index (χ1) is 10.7. The molecule has 0 radical (unpaired) electrons. The van der Waals surface area contributed by atoms with E-state index in [4.69, 9.17) is 4.74 Å². The number of likely N-dealkylation sites (tertiary alicyclic amines) is 1. The van der Waals surface area contributed by atoms with Gasteiger partial charge in [0, 0.05) is 31.1 Å². The number of rotatable bonds is 4. The van der Waals surface area contributed by atoms with Crippen molar-refractivity contribution in [3.63, 3.8) is 0 Å². The molecule has 23 heavy (non-hydrogen) atoms. The quantitative estimate of drug-likeness (QED) is 0.895. The van der Waals surface area contributed by atoms with Crippen LogP contribution in [0.4, 0.5) is 4.79 Å². The zero-order valence-corrected chi connectivity index (χ0v) is 15.9. The highest BCUT2D eigenvalue weighted by Crippen LogP contribution is 2.30. The molecule has 1 atom stereocenters. The van der Waals surface area contributed by atoms with E-state index in [9.17, 15) is 4.79 Å². The summed E-state index contributed by atoms with van der Waals surface area (Å²) in [4.78, 5) is 15.6. The minimum atomic E-state index is -0.431. The zero-order valence-electron chi connectivity index (χ0n) is 15.1. The second-order valence-corrected chi connectivity index (χ2v) is 8.95. The maximum atomic E-state index is 12.3. The molecule has 1 unspecified atom stereocenters. The van der Waals surface area contributed by atoms with Crippen molar-refractivity contribution in [1.29, 1.82) is 0 Å². The van der Waals surface area contributed by atoms with Crippen molar-refractivity contribution in [1.82, 2.24) is 10.2 Å². The number of carbonyl (C=O) groups is 1. The molecule has 1 saturated heterocycles. The Bertz CT molecular complexity index is 535. The van der Waals surface area contributed by atoms with E-state index in [0.29, 0.717) is 0 Å². The van der Waals surface area contributed by atoms with E-state index < -0.39 is 5.60 Å². The molecule has 0 aliphatic carbocycles. The van der Waals surface area contributed by atoms with E-state index in [-0.39, 0.29) is 11.5 Å².